The van der Waals surface area contributed by atoms with Gasteiger partial charge in [0.05, 0.1) is 22.5 Å². The van der Waals surface area contributed by atoms with Crippen LogP contribution in [0.2, 0.25) is 0 Å². The molecule has 0 radical (unpaired) electrons. The Labute approximate surface area is 196 Å². The van der Waals surface area contributed by atoms with Crippen molar-refractivity contribution in [3.8, 4) is 10.8 Å². The first-order chi connectivity index (χ1) is 14.1. The van der Waals surface area contributed by atoms with Crippen molar-refractivity contribution in [2.75, 3.05) is 6.54 Å². The Hall–Kier alpha value is -2.40. The van der Waals surface area contributed by atoms with Gasteiger partial charge in [0.2, 0.25) is 5.89 Å². The molecule has 0 aliphatic rings. The predicted molar refractivity (Wildman–Crippen MR) is 130 cm³/mol. The van der Waals surface area contributed by atoms with E-state index in [1.165, 1.54) is 0 Å². The molecule has 9 heteroatoms. The van der Waals surface area contributed by atoms with E-state index in [9.17, 15) is 0 Å². The third kappa shape index (κ3) is 5.20. The predicted octanol–water partition coefficient (Wildman–Crippen LogP) is 5.03. The number of fused-ring (bicyclic) bond motifs is 1. The summed E-state index contributed by atoms with van der Waals surface area (Å²) in [6.45, 7) is 7.51. The van der Waals surface area contributed by atoms with Crippen LogP contribution in [0.1, 0.15) is 30.0 Å². The van der Waals surface area contributed by atoms with Crippen molar-refractivity contribution in [3.63, 3.8) is 0 Å². The number of halogens is 1. The van der Waals surface area contributed by atoms with Crippen LogP contribution in [-0.4, -0.2) is 22.5 Å². The second-order valence-electron chi connectivity index (χ2n) is 6.55. The maximum atomic E-state index is 5.96. The molecule has 0 amide bonds. The molecule has 7 nitrogen and oxygen atoms in total. The molecular weight excluding hydrogens is 513 g/mol. The molecule has 0 bridgehead atoms. The molecule has 30 heavy (non-hydrogen) atoms. The molecule has 0 spiro atoms. The third-order valence-corrected chi connectivity index (χ3v) is 5.43. The van der Waals surface area contributed by atoms with Crippen molar-refractivity contribution in [2.24, 2.45) is 4.99 Å². The second kappa shape index (κ2) is 10.1. The molecule has 4 aromatic rings. The molecule has 0 aliphatic heterocycles. The van der Waals surface area contributed by atoms with Crippen LogP contribution in [0.4, 0.5) is 0 Å². The van der Waals surface area contributed by atoms with Gasteiger partial charge >= 0.3 is 0 Å². The van der Waals surface area contributed by atoms with Gasteiger partial charge < -0.3 is 19.5 Å². The SMILES string of the molecule is CCNC(=NCc1ccc(-c2nc3ccccc3s2)o1)NCc1nc(C)c(C)o1.I. The summed E-state index contributed by atoms with van der Waals surface area (Å²) in [5, 5.41) is 7.33. The highest BCUT2D eigenvalue weighted by atomic mass is 127. The molecule has 4 rings (SSSR count). The first-order valence-electron chi connectivity index (χ1n) is 9.52. The average Bonchev–Trinajstić information content (AvgIpc) is 3.42. The van der Waals surface area contributed by atoms with Gasteiger partial charge in [0.1, 0.15) is 18.1 Å². The number of benzene rings is 1. The van der Waals surface area contributed by atoms with Crippen LogP contribution in [0.5, 0.6) is 0 Å². The van der Waals surface area contributed by atoms with E-state index in [0.717, 1.165) is 44.7 Å². The fourth-order valence-electron chi connectivity index (χ4n) is 2.83. The summed E-state index contributed by atoms with van der Waals surface area (Å²) >= 11 is 1.62. The topological polar surface area (TPSA) is 88.5 Å². The molecule has 0 aliphatic carbocycles. The van der Waals surface area contributed by atoms with E-state index in [2.05, 4.69) is 31.7 Å². The number of rotatable bonds is 6. The van der Waals surface area contributed by atoms with Gasteiger partial charge in [0.25, 0.3) is 0 Å². The summed E-state index contributed by atoms with van der Waals surface area (Å²) in [5.74, 6) is 3.70. The maximum absolute atomic E-state index is 5.96. The number of aryl methyl sites for hydroxylation is 2. The van der Waals surface area contributed by atoms with E-state index in [1.807, 2.05) is 51.1 Å². The van der Waals surface area contributed by atoms with Crippen molar-refractivity contribution in [3.05, 3.63) is 59.5 Å². The Morgan fingerprint density at radius 3 is 2.63 bits per heavy atom. The van der Waals surface area contributed by atoms with Gasteiger partial charge in [-0.2, -0.15) is 0 Å². The Morgan fingerprint density at radius 1 is 1.07 bits per heavy atom. The Bertz CT molecular complexity index is 1090. The highest BCUT2D eigenvalue weighted by molar-refractivity contribution is 14.0. The Morgan fingerprint density at radius 2 is 1.90 bits per heavy atom. The smallest absolute Gasteiger partial charge is 0.214 e. The van der Waals surface area contributed by atoms with Gasteiger partial charge in [-0.05, 0) is 45.0 Å². The molecule has 0 atom stereocenters. The molecule has 0 unspecified atom stereocenters. The standard InChI is InChI=1S/C21H23N5O2S.HI/c1-4-22-21(24-12-19-25-13(2)14(3)27-19)23-11-15-9-10-17(28-15)20-26-16-7-5-6-8-18(16)29-20;/h5-10H,4,11-12H2,1-3H3,(H2,22,23,24);1H. The summed E-state index contributed by atoms with van der Waals surface area (Å²) in [5.41, 5.74) is 1.89. The first kappa shape index (κ1) is 22.3. The van der Waals surface area contributed by atoms with E-state index < -0.39 is 0 Å². The van der Waals surface area contributed by atoms with Crippen LogP contribution >= 0.6 is 35.3 Å². The normalized spacial score (nSPS) is 11.5. The number of nitrogens with one attached hydrogen (secondary N) is 2. The summed E-state index contributed by atoms with van der Waals surface area (Å²) in [6, 6.07) is 12.0. The van der Waals surface area contributed by atoms with E-state index in [0.29, 0.717) is 24.9 Å². The van der Waals surface area contributed by atoms with E-state index in [1.54, 1.807) is 11.3 Å². The van der Waals surface area contributed by atoms with Gasteiger partial charge in [0.15, 0.2) is 16.7 Å². The third-order valence-electron chi connectivity index (χ3n) is 4.38. The minimum atomic E-state index is 0. The lowest BCUT2D eigenvalue weighted by Gasteiger charge is -2.09. The van der Waals surface area contributed by atoms with Crippen LogP contribution < -0.4 is 10.6 Å². The largest absolute Gasteiger partial charge is 0.457 e. The molecule has 3 heterocycles. The lowest BCUT2D eigenvalue weighted by molar-refractivity contribution is 0.463. The number of nitrogens with zero attached hydrogens (tertiary/aromatic N) is 3. The van der Waals surface area contributed by atoms with Crippen molar-refractivity contribution >= 4 is 51.5 Å². The van der Waals surface area contributed by atoms with Crippen molar-refractivity contribution < 1.29 is 8.83 Å². The zero-order valence-electron chi connectivity index (χ0n) is 17.1. The number of para-hydroxylation sites is 1. The zero-order chi connectivity index (χ0) is 20.2. The summed E-state index contributed by atoms with van der Waals surface area (Å²) in [6.07, 6.45) is 0. The summed E-state index contributed by atoms with van der Waals surface area (Å²) in [7, 11) is 0. The van der Waals surface area contributed by atoms with Crippen LogP contribution in [0.3, 0.4) is 0 Å². The minimum Gasteiger partial charge on any atom is -0.457 e. The lowest BCUT2D eigenvalue weighted by Crippen LogP contribution is -2.36. The van der Waals surface area contributed by atoms with Gasteiger partial charge in [-0.25, -0.2) is 15.0 Å². The molecule has 0 fully saturated rings. The van der Waals surface area contributed by atoms with Crippen molar-refractivity contribution in [2.45, 2.75) is 33.9 Å². The number of hydrogen-bond donors (Lipinski definition) is 2. The minimum absolute atomic E-state index is 0. The van der Waals surface area contributed by atoms with Gasteiger partial charge in [0, 0.05) is 6.54 Å². The molecular formula is C21H24IN5O2S. The van der Waals surface area contributed by atoms with E-state index in [4.69, 9.17) is 8.83 Å². The fourth-order valence-corrected chi connectivity index (χ4v) is 3.76. The van der Waals surface area contributed by atoms with E-state index >= 15 is 0 Å². The number of furan rings is 1. The number of oxazole rings is 1. The van der Waals surface area contributed by atoms with Gasteiger partial charge in [-0.1, -0.05) is 12.1 Å². The van der Waals surface area contributed by atoms with Crippen LogP contribution in [-0.2, 0) is 13.1 Å². The Kier molecular flexibility index (Phi) is 7.48. The highest BCUT2D eigenvalue weighted by Crippen LogP contribution is 2.31. The van der Waals surface area contributed by atoms with Gasteiger partial charge in [-0.3, -0.25) is 0 Å². The molecule has 0 saturated heterocycles. The van der Waals surface area contributed by atoms with Crippen LogP contribution in [0, 0.1) is 13.8 Å². The number of aromatic nitrogens is 2. The maximum Gasteiger partial charge on any atom is 0.214 e. The van der Waals surface area contributed by atoms with Crippen LogP contribution in [0.15, 0.2) is 50.2 Å². The quantitative estimate of drug-likeness (QED) is 0.204. The fraction of sp³-hybridized carbons (Fsp3) is 0.286. The molecule has 3 aromatic heterocycles. The highest BCUT2D eigenvalue weighted by Gasteiger charge is 2.11. The molecule has 158 valence electrons. The number of guanidine groups is 1. The number of aliphatic imine (C=N–C) groups is 1. The van der Waals surface area contributed by atoms with Crippen molar-refractivity contribution in [1.29, 1.82) is 0 Å². The van der Waals surface area contributed by atoms with Crippen LogP contribution in [0.25, 0.3) is 21.0 Å². The monoisotopic (exact) mass is 537 g/mol. The molecule has 2 N–H and O–H groups in total. The summed E-state index contributed by atoms with van der Waals surface area (Å²) < 4.78 is 12.7. The number of thiazole rings is 1. The molecule has 0 saturated carbocycles. The first-order valence-corrected chi connectivity index (χ1v) is 10.3. The molecule has 1 aromatic carbocycles. The zero-order valence-corrected chi connectivity index (χ0v) is 20.2. The van der Waals surface area contributed by atoms with E-state index in [-0.39, 0.29) is 24.0 Å². The average molecular weight is 537 g/mol. The van der Waals surface area contributed by atoms with Gasteiger partial charge in [-0.15, -0.1) is 35.3 Å². The Balaban J connectivity index is 0.00000256. The lowest BCUT2D eigenvalue weighted by atomic mass is 10.3. The second-order valence-corrected chi connectivity index (χ2v) is 7.58. The van der Waals surface area contributed by atoms with Crippen molar-refractivity contribution in [1.82, 2.24) is 20.6 Å². The number of hydrogen-bond acceptors (Lipinski definition) is 6. The summed E-state index contributed by atoms with van der Waals surface area (Å²) in [4.78, 5) is 13.6.